The van der Waals surface area contributed by atoms with E-state index in [1.165, 1.54) is 53.2 Å². The summed E-state index contributed by atoms with van der Waals surface area (Å²) in [5.41, 5.74) is -0.183. The fourth-order valence-corrected chi connectivity index (χ4v) is 3.96. The van der Waals surface area contributed by atoms with Crippen molar-refractivity contribution in [2.45, 2.75) is 31.9 Å². The molecule has 1 aromatic heterocycles. The van der Waals surface area contributed by atoms with Crippen LogP contribution in [0.25, 0.3) is 0 Å². The van der Waals surface area contributed by atoms with E-state index in [9.17, 15) is 32.4 Å². The van der Waals surface area contributed by atoms with Crippen molar-refractivity contribution in [3.8, 4) is 11.8 Å². The van der Waals surface area contributed by atoms with E-state index >= 15 is 0 Å². The number of anilines is 2. The van der Waals surface area contributed by atoms with Gasteiger partial charge in [-0.1, -0.05) is 12.1 Å². The number of methoxy groups -OCH3 is 1. The van der Waals surface area contributed by atoms with Crippen molar-refractivity contribution in [3.63, 3.8) is 0 Å². The van der Waals surface area contributed by atoms with Gasteiger partial charge < -0.3 is 15.0 Å². The van der Waals surface area contributed by atoms with Crippen molar-refractivity contribution < 1.29 is 31.9 Å². The smallest absolute Gasteiger partial charge is 0.332 e. The van der Waals surface area contributed by atoms with E-state index in [0.29, 0.717) is 5.75 Å². The molecule has 186 valence electrons. The number of halogens is 4. The van der Waals surface area contributed by atoms with Crippen molar-refractivity contribution in [1.82, 2.24) is 9.78 Å². The number of ether oxygens (including phenoxy) is 1. The van der Waals surface area contributed by atoms with E-state index in [4.69, 9.17) is 4.74 Å². The van der Waals surface area contributed by atoms with Crippen LogP contribution < -0.4 is 15.0 Å². The quantitative estimate of drug-likeness (QED) is 0.504. The molecule has 3 aromatic rings. The molecule has 0 fully saturated rings. The summed E-state index contributed by atoms with van der Waals surface area (Å²) in [6.07, 6.45) is -2.56. The van der Waals surface area contributed by atoms with Crippen molar-refractivity contribution in [1.29, 1.82) is 5.26 Å². The summed E-state index contributed by atoms with van der Waals surface area (Å²) in [6, 6.07) is 9.81. The number of benzene rings is 2. The highest BCUT2D eigenvalue weighted by molar-refractivity contribution is 6.13. The Kier molecular flexibility index (Phi) is 6.41. The number of alkyl halides is 4. The summed E-state index contributed by atoms with van der Waals surface area (Å²) in [5, 5.41) is 16.0. The van der Waals surface area contributed by atoms with Gasteiger partial charge in [-0.2, -0.15) is 19.1 Å². The van der Waals surface area contributed by atoms with Gasteiger partial charge in [0.1, 0.15) is 17.5 Å². The van der Waals surface area contributed by atoms with E-state index in [0.717, 1.165) is 12.1 Å². The molecule has 36 heavy (non-hydrogen) atoms. The fraction of sp³-hybridized carbons (Fsp3) is 0.250. The zero-order valence-corrected chi connectivity index (χ0v) is 19.0. The van der Waals surface area contributed by atoms with Crippen LogP contribution in [-0.4, -0.2) is 41.2 Å². The molecule has 0 aliphatic carbocycles. The van der Waals surface area contributed by atoms with Gasteiger partial charge in [0.25, 0.3) is 11.8 Å². The molecule has 1 aliphatic heterocycles. The molecule has 2 aromatic carbocycles. The molecular formula is C24H19F4N5O3. The number of hydrogen-bond acceptors (Lipinski definition) is 5. The van der Waals surface area contributed by atoms with Crippen LogP contribution in [0.1, 0.15) is 38.9 Å². The van der Waals surface area contributed by atoms with Crippen LogP contribution in [0.2, 0.25) is 0 Å². The maximum atomic E-state index is 13.7. The molecule has 0 radical (unpaired) electrons. The van der Waals surface area contributed by atoms with Crippen molar-refractivity contribution in [2.24, 2.45) is 0 Å². The van der Waals surface area contributed by atoms with E-state index in [1.807, 2.05) is 6.07 Å². The molecule has 4 rings (SSSR count). The number of carbonyl (C=O) groups excluding carboxylic acids is 2. The minimum atomic E-state index is -4.32. The summed E-state index contributed by atoms with van der Waals surface area (Å²) in [7, 11) is 1.39. The number of rotatable bonds is 6. The highest BCUT2D eigenvalue weighted by Gasteiger charge is 2.43. The zero-order valence-electron chi connectivity index (χ0n) is 19.0. The molecule has 1 unspecified atom stereocenters. The van der Waals surface area contributed by atoms with Crippen molar-refractivity contribution in [3.05, 3.63) is 71.0 Å². The largest absolute Gasteiger partial charge is 0.495 e. The molecule has 8 nitrogen and oxygen atoms in total. The first-order valence-electron chi connectivity index (χ1n) is 10.6. The Bertz CT molecular complexity index is 1370. The van der Waals surface area contributed by atoms with Gasteiger partial charge in [-0.25, -0.2) is 8.78 Å². The summed E-state index contributed by atoms with van der Waals surface area (Å²) in [5.74, 6) is -5.18. The third-order valence-electron chi connectivity index (χ3n) is 5.77. The molecule has 1 atom stereocenters. The number of carbonyl (C=O) groups is 2. The molecule has 0 bridgehead atoms. The molecular weight excluding hydrogens is 482 g/mol. The van der Waals surface area contributed by atoms with Crippen molar-refractivity contribution in [2.75, 3.05) is 17.3 Å². The number of nitriles is 1. The predicted octanol–water partition coefficient (Wildman–Crippen LogP) is 4.42. The topological polar surface area (TPSA) is 100 Å². The number of amides is 2. The second-order valence-electron chi connectivity index (χ2n) is 8.06. The Morgan fingerprint density at radius 1 is 1.25 bits per heavy atom. The van der Waals surface area contributed by atoms with Crippen LogP contribution in [-0.2, 0) is 12.5 Å². The second-order valence-corrected chi connectivity index (χ2v) is 8.06. The van der Waals surface area contributed by atoms with Crippen LogP contribution >= 0.6 is 0 Å². The highest BCUT2D eigenvalue weighted by Crippen LogP contribution is 2.36. The average Bonchev–Trinajstić information content (AvgIpc) is 3.25. The lowest BCUT2D eigenvalue weighted by Gasteiger charge is -2.34. The van der Waals surface area contributed by atoms with Gasteiger partial charge in [0.2, 0.25) is 0 Å². The fourth-order valence-electron chi connectivity index (χ4n) is 3.96. The van der Waals surface area contributed by atoms with Gasteiger partial charge in [-0.3, -0.25) is 14.3 Å². The van der Waals surface area contributed by atoms with Crippen LogP contribution in [0, 0.1) is 11.3 Å². The molecule has 12 heteroatoms. The lowest BCUT2D eigenvalue weighted by molar-refractivity contribution is -0.135. The Labute approximate surface area is 202 Å². The van der Waals surface area contributed by atoms with E-state index < -0.39 is 35.8 Å². The summed E-state index contributed by atoms with van der Waals surface area (Å²) in [4.78, 5) is 27.5. The summed E-state index contributed by atoms with van der Waals surface area (Å²) >= 11 is 0. The third-order valence-corrected chi connectivity index (χ3v) is 5.77. The monoisotopic (exact) mass is 501 g/mol. The Morgan fingerprint density at radius 3 is 2.56 bits per heavy atom. The predicted molar refractivity (Wildman–Crippen MR) is 121 cm³/mol. The molecule has 2 heterocycles. The maximum absolute atomic E-state index is 13.7. The number of nitrogens with zero attached hydrogens (tertiary/aromatic N) is 4. The van der Waals surface area contributed by atoms with Crippen LogP contribution in [0.4, 0.5) is 28.9 Å². The van der Waals surface area contributed by atoms with Gasteiger partial charge in [0.15, 0.2) is 0 Å². The highest BCUT2D eigenvalue weighted by atomic mass is 19.3. The van der Waals surface area contributed by atoms with Crippen LogP contribution in [0.15, 0.2) is 48.7 Å². The minimum Gasteiger partial charge on any atom is -0.495 e. The normalized spacial score (nSPS) is 15.4. The van der Waals surface area contributed by atoms with E-state index in [2.05, 4.69) is 10.4 Å². The Hall–Kier alpha value is -4.40. The molecule has 0 saturated carbocycles. The van der Waals surface area contributed by atoms with Gasteiger partial charge in [0.05, 0.1) is 37.1 Å². The maximum Gasteiger partial charge on any atom is 0.332 e. The van der Waals surface area contributed by atoms with Crippen LogP contribution in [0.3, 0.4) is 0 Å². The second kappa shape index (κ2) is 9.33. The summed E-state index contributed by atoms with van der Waals surface area (Å²) in [6.45, 7) is 1.94. The SMILES string of the molecule is COc1ccc(C(=O)Nc2cnn3c2C(=O)N(c2ccc(C(F)(F)C(F)F)cc2)C(C)C3)cc1C#N. The Morgan fingerprint density at radius 2 is 1.94 bits per heavy atom. The van der Waals surface area contributed by atoms with Gasteiger partial charge in [-0.15, -0.1) is 0 Å². The standard InChI is InChI=1S/C24H19F4N5O3/c1-13-12-32-20(22(35)33(13)17-6-4-16(5-7-17)24(27,28)23(25)26)18(11-30-32)31-21(34)14-3-8-19(36-2)15(9-14)10-29/h3-9,11,13,23H,12H2,1-2H3,(H,31,34). The van der Waals surface area contributed by atoms with Gasteiger partial charge in [0, 0.05) is 16.8 Å². The third kappa shape index (κ3) is 4.24. The van der Waals surface area contributed by atoms with Gasteiger partial charge in [-0.05, 0) is 37.3 Å². The van der Waals surface area contributed by atoms with Crippen molar-refractivity contribution >= 4 is 23.2 Å². The van der Waals surface area contributed by atoms with E-state index in [-0.39, 0.29) is 34.7 Å². The van der Waals surface area contributed by atoms with E-state index in [1.54, 1.807) is 6.92 Å². The van der Waals surface area contributed by atoms with Crippen LogP contribution in [0.5, 0.6) is 5.75 Å². The average molecular weight is 501 g/mol. The lowest BCUT2D eigenvalue weighted by atomic mass is 10.1. The number of nitrogens with one attached hydrogen (secondary N) is 1. The minimum absolute atomic E-state index is 0.0532. The first-order chi connectivity index (χ1) is 17.1. The molecule has 2 amide bonds. The molecule has 1 aliphatic rings. The Balaban J connectivity index is 1.61. The number of fused-ring (bicyclic) bond motifs is 1. The zero-order chi connectivity index (χ0) is 26.2. The first kappa shape index (κ1) is 24.7. The summed E-state index contributed by atoms with van der Waals surface area (Å²) < 4.78 is 59.2. The van der Waals surface area contributed by atoms with Gasteiger partial charge >= 0.3 is 12.3 Å². The molecule has 1 N–H and O–H groups in total. The number of hydrogen-bond donors (Lipinski definition) is 1. The molecule has 0 spiro atoms. The first-order valence-corrected chi connectivity index (χ1v) is 10.6. The lowest BCUT2D eigenvalue weighted by Crippen LogP contribution is -2.47. The number of aromatic nitrogens is 2. The molecule has 0 saturated heterocycles.